The second kappa shape index (κ2) is 9.94. The molecule has 1 atom stereocenters. The molecule has 0 saturated heterocycles. The first-order valence-corrected chi connectivity index (χ1v) is 10.5. The summed E-state index contributed by atoms with van der Waals surface area (Å²) >= 11 is 0. The van der Waals surface area contributed by atoms with Gasteiger partial charge in [-0.2, -0.15) is 13.2 Å². The molecule has 1 aliphatic rings. The van der Waals surface area contributed by atoms with Gasteiger partial charge in [0.25, 0.3) is 0 Å². The lowest BCUT2D eigenvalue weighted by Gasteiger charge is -2.20. The van der Waals surface area contributed by atoms with Crippen molar-refractivity contribution in [2.24, 2.45) is 10.9 Å². The standard InChI is InChI=1S/C27H26F3NO/c1-18(2)12-14-23(26(31-3)19-8-5-4-6-9-19)24-17-21(13-15-25(24)32)20-10-7-11-22(16-20)27(28,29)30/h4-11,13-18,21H,12H2,1-3H3. The predicted octanol–water partition coefficient (Wildman–Crippen LogP) is 6.95. The van der Waals surface area contributed by atoms with E-state index in [2.05, 4.69) is 18.8 Å². The quantitative estimate of drug-likeness (QED) is 0.450. The van der Waals surface area contributed by atoms with Crippen LogP contribution in [0, 0.1) is 5.92 Å². The van der Waals surface area contributed by atoms with Gasteiger partial charge in [-0.05, 0) is 30.0 Å². The number of allylic oxidation sites excluding steroid dienone is 6. The second-order valence-corrected chi connectivity index (χ2v) is 8.14. The van der Waals surface area contributed by atoms with Gasteiger partial charge in [-0.1, -0.05) is 80.6 Å². The van der Waals surface area contributed by atoms with Crippen LogP contribution in [0.2, 0.25) is 0 Å². The summed E-state index contributed by atoms with van der Waals surface area (Å²) in [7, 11) is 1.68. The number of hydrogen-bond donors (Lipinski definition) is 0. The van der Waals surface area contributed by atoms with E-state index >= 15 is 0 Å². The first-order chi connectivity index (χ1) is 15.2. The minimum absolute atomic E-state index is 0.180. The van der Waals surface area contributed by atoms with E-state index in [-0.39, 0.29) is 5.78 Å². The molecule has 0 radical (unpaired) electrons. The number of benzene rings is 2. The Balaban J connectivity index is 2.08. The molecule has 0 aliphatic heterocycles. The summed E-state index contributed by atoms with van der Waals surface area (Å²) in [6.07, 6.45) is 3.16. The van der Waals surface area contributed by atoms with Gasteiger partial charge in [-0.15, -0.1) is 0 Å². The van der Waals surface area contributed by atoms with E-state index in [4.69, 9.17) is 0 Å². The smallest absolute Gasteiger partial charge is 0.289 e. The van der Waals surface area contributed by atoms with Gasteiger partial charge in [0.1, 0.15) is 0 Å². The Hall–Kier alpha value is -3.21. The second-order valence-electron chi connectivity index (χ2n) is 8.14. The average Bonchev–Trinajstić information content (AvgIpc) is 2.77. The number of ketones is 1. The highest BCUT2D eigenvalue weighted by Crippen LogP contribution is 2.34. The first-order valence-electron chi connectivity index (χ1n) is 10.5. The Morgan fingerprint density at radius 2 is 1.81 bits per heavy atom. The number of carbonyl (C=O) groups excluding carboxylic acids is 1. The fraction of sp³-hybridized carbons (Fsp3) is 0.259. The van der Waals surface area contributed by atoms with Crippen LogP contribution in [0.4, 0.5) is 13.2 Å². The van der Waals surface area contributed by atoms with Crippen LogP contribution in [0.5, 0.6) is 0 Å². The molecule has 0 aromatic heterocycles. The van der Waals surface area contributed by atoms with Gasteiger partial charge in [0.05, 0.1) is 11.3 Å². The molecule has 0 bridgehead atoms. The van der Waals surface area contributed by atoms with E-state index in [9.17, 15) is 18.0 Å². The van der Waals surface area contributed by atoms with Crippen molar-refractivity contribution >= 4 is 11.5 Å². The summed E-state index contributed by atoms with van der Waals surface area (Å²) in [5.74, 6) is -0.255. The highest BCUT2D eigenvalue weighted by Gasteiger charge is 2.31. The number of nitrogens with zero attached hydrogens (tertiary/aromatic N) is 1. The van der Waals surface area contributed by atoms with Crippen LogP contribution in [-0.4, -0.2) is 18.5 Å². The van der Waals surface area contributed by atoms with Crippen molar-refractivity contribution in [2.75, 3.05) is 7.05 Å². The molecule has 0 fully saturated rings. The largest absolute Gasteiger partial charge is 0.416 e. The molecule has 32 heavy (non-hydrogen) atoms. The van der Waals surface area contributed by atoms with E-state index in [1.165, 1.54) is 12.1 Å². The van der Waals surface area contributed by atoms with Crippen LogP contribution in [0.3, 0.4) is 0 Å². The maximum Gasteiger partial charge on any atom is 0.416 e. The third-order valence-corrected chi connectivity index (χ3v) is 5.27. The number of carbonyl (C=O) groups is 1. The molecule has 0 spiro atoms. The van der Waals surface area contributed by atoms with Crippen molar-refractivity contribution in [3.8, 4) is 0 Å². The van der Waals surface area contributed by atoms with E-state index in [0.717, 1.165) is 24.1 Å². The zero-order valence-corrected chi connectivity index (χ0v) is 18.4. The fourth-order valence-corrected chi connectivity index (χ4v) is 3.64. The number of hydrogen-bond acceptors (Lipinski definition) is 2. The molecule has 3 rings (SSSR count). The van der Waals surface area contributed by atoms with Crippen LogP contribution in [0.1, 0.15) is 42.9 Å². The Labute approximate surface area is 186 Å². The van der Waals surface area contributed by atoms with Gasteiger partial charge in [-0.3, -0.25) is 9.79 Å². The molecule has 2 nitrogen and oxygen atoms in total. The minimum Gasteiger partial charge on any atom is -0.289 e. The lowest BCUT2D eigenvalue weighted by molar-refractivity contribution is -0.137. The molecule has 0 heterocycles. The van der Waals surface area contributed by atoms with Crippen LogP contribution in [0.25, 0.3) is 0 Å². The van der Waals surface area contributed by atoms with Gasteiger partial charge in [0, 0.05) is 29.7 Å². The number of aliphatic imine (C=N–C) groups is 1. The minimum atomic E-state index is -4.42. The van der Waals surface area contributed by atoms with E-state index in [1.54, 1.807) is 25.3 Å². The van der Waals surface area contributed by atoms with Crippen molar-refractivity contribution in [1.82, 2.24) is 0 Å². The third-order valence-electron chi connectivity index (χ3n) is 5.27. The zero-order valence-electron chi connectivity index (χ0n) is 18.4. The van der Waals surface area contributed by atoms with E-state index in [1.807, 2.05) is 36.4 Å². The number of rotatable bonds is 6. The summed E-state index contributed by atoms with van der Waals surface area (Å²) in [4.78, 5) is 17.4. The van der Waals surface area contributed by atoms with Gasteiger partial charge in [-0.25, -0.2) is 0 Å². The lowest BCUT2D eigenvalue weighted by atomic mass is 9.83. The van der Waals surface area contributed by atoms with Gasteiger partial charge in [0.2, 0.25) is 0 Å². The molecule has 1 aliphatic carbocycles. The Kier molecular flexibility index (Phi) is 7.29. The summed E-state index contributed by atoms with van der Waals surface area (Å²) < 4.78 is 39.6. The molecule has 5 heteroatoms. The van der Waals surface area contributed by atoms with Crippen LogP contribution >= 0.6 is 0 Å². The highest BCUT2D eigenvalue weighted by atomic mass is 19.4. The van der Waals surface area contributed by atoms with Crippen molar-refractivity contribution in [3.63, 3.8) is 0 Å². The Morgan fingerprint density at radius 3 is 2.44 bits per heavy atom. The van der Waals surface area contributed by atoms with Crippen LogP contribution in [-0.2, 0) is 11.0 Å². The lowest BCUT2D eigenvalue weighted by Crippen LogP contribution is -2.16. The van der Waals surface area contributed by atoms with Gasteiger partial charge < -0.3 is 0 Å². The normalized spacial score (nSPS) is 17.7. The molecular formula is C27H26F3NO. The summed E-state index contributed by atoms with van der Waals surface area (Å²) in [5, 5.41) is 0. The van der Waals surface area contributed by atoms with Gasteiger partial charge in [0.15, 0.2) is 5.78 Å². The van der Waals surface area contributed by atoms with Gasteiger partial charge >= 0.3 is 6.18 Å². The van der Waals surface area contributed by atoms with Crippen molar-refractivity contribution in [3.05, 3.63) is 107 Å². The summed E-state index contributed by atoms with van der Waals surface area (Å²) in [6.45, 7) is 4.17. The van der Waals surface area contributed by atoms with Crippen molar-refractivity contribution in [1.29, 1.82) is 0 Å². The molecule has 2 aromatic carbocycles. The number of alkyl halides is 3. The van der Waals surface area contributed by atoms with Crippen molar-refractivity contribution in [2.45, 2.75) is 32.4 Å². The third kappa shape index (κ3) is 5.52. The molecule has 1 unspecified atom stereocenters. The summed E-state index contributed by atoms with van der Waals surface area (Å²) in [6, 6.07) is 14.8. The number of halogens is 3. The fourth-order valence-electron chi connectivity index (χ4n) is 3.64. The average molecular weight is 438 g/mol. The topological polar surface area (TPSA) is 29.4 Å². The van der Waals surface area contributed by atoms with Crippen molar-refractivity contribution < 1.29 is 18.0 Å². The SMILES string of the molecule is CN=C(C(=CCC(C)C)C1=CC(c2cccc(C(F)(F)F)c2)C=CC1=O)c1ccccc1. The molecule has 0 amide bonds. The first kappa shape index (κ1) is 23.5. The maximum absolute atomic E-state index is 13.2. The van der Waals surface area contributed by atoms with E-state index < -0.39 is 17.7 Å². The predicted molar refractivity (Wildman–Crippen MR) is 123 cm³/mol. The highest BCUT2D eigenvalue weighted by molar-refractivity contribution is 6.23. The zero-order chi connectivity index (χ0) is 23.3. The van der Waals surface area contributed by atoms with E-state index in [0.29, 0.717) is 28.3 Å². The van der Waals surface area contributed by atoms with Crippen LogP contribution < -0.4 is 0 Å². The molecule has 0 saturated carbocycles. The summed E-state index contributed by atoms with van der Waals surface area (Å²) in [5.41, 5.74) is 2.51. The molecule has 2 aromatic rings. The Bertz CT molecular complexity index is 1090. The molecule has 0 N–H and O–H groups in total. The molecule has 166 valence electrons. The molecular weight excluding hydrogens is 411 g/mol. The monoisotopic (exact) mass is 437 g/mol. The van der Waals surface area contributed by atoms with Crippen LogP contribution in [0.15, 0.2) is 95.0 Å². The Morgan fingerprint density at radius 1 is 1.09 bits per heavy atom. The maximum atomic E-state index is 13.2.